The molecule has 0 spiro atoms. The molecule has 0 amide bonds. The van der Waals surface area contributed by atoms with Crippen molar-refractivity contribution in [2.45, 2.75) is 47.5 Å². The molecule has 5 nitrogen and oxygen atoms in total. The Morgan fingerprint density at radius 2 is 1.47 bits per heavy atom. The molecule has 0 aliphatic heterocycles. The van der Waals surface area contributed by atoms with Crippen molar-refractivity contribution in [3.8, 4) is 34.1 Å². The molecule has 0 bridgehead atoms. The summed E-state index contributed by atoms with van der Waals surface area (Å²) >= 11 is 0. The Bertz CT molecular complexity index is 2150. The van der Waals surface area contributed by atoms with Gasteiger partial charge >= 0.3 is 0 Å². The molecular formula is C40H38N4O. The second-order valence-electron chi connectivity index (χ2n) is 13.1. The van der Waals surface area contributed by atoms with E-state index in [1.54, 1.807) is 0 Å². The highest BCUT2D eigenvalue weighted by Crippen LogP contribution is 2.36. The lowest BCUT2D eigenvalue weighted by molar-refractivity contribution is 0.375. The van der Waals surface area contributed by atoms with Gasteiger partial charge in [0.05, 0.1) is 28.1 Å². The van der Waals surface area contributed by atoms with Crippen molar-refractivity contribution in [2.24, 2.45) is 5.41 Å². The predicted molar refractivity (Wildman–Crippen MR) is 185 cm³/mol. The van der Waals surface area contributed by atoms with Gasteiger partial charge in [0.1, 0.15) is 17.3 Å². The lowest BCUT2D eigenvalue weighted by Crippen LogP contribution is -2.10. The molecule has 45 heavy (non-hydrogen) atoms. The Balaban J connectivity index is 1.29. The largest absolute Gasteiger partial charge is 0.457 e. The maximum Gasteiger partial charge on any atom is 0.137 e. The number of benzene rings is 4. The van der Waals surface area contributed by atoms with Crippen LogP contribution in [-0.4, -0.2) is 19.3 Å². The van der Waals surface area contributed by atoms with Crippen LogP contribution in [0.1, 0.15) is 44.1 Å². The maximum absolute atomic E-state index is 6.56. The van der Waals surface area contributed by atoms with E-state index in [2.05, 4.69) is 135 Å². The Kier molecular flexibility index (Phi) is 7.25. The SMILES string of the molecule is Cc1ccnc(-n2c3ccccc3c3ccc(Oc4cccc(-n5nc(C)c(-c6ccccc6)c5CCC(C)(C)C)c4)cc32)c1. The van der Waals surface area contributed by atoms with Crippen molar-refractivity contribution in [2.75, 3.05) is 0 Å². The summed E-state index contributed by atoms with van der Waals surface area (Å²) in [5.41, 5.74) is 9.21. The summed E-state index contributed by atoms with van der Waals surface area (Å²) in [6.07, 6.45) is 3.85. The molecule has 0 radical (unpaired) electrons. The van der Waals surface area contributed by atoms with E-state index in [1.165, 1.54) is 33.2 Å². The van der Waals surface area contributed by atoms with Crippen molar-refractivity contribution in [1.82, 2.24) is 19.3 Å². The minimum Gasteiger partial charge on any atom is -0.457 e. The van der Waals surface area contributed by atoms with Crippen LogP contribution < -0.4 is 4.74 Å². The molecule has 0 aliphatic carbocycles. The van der Waals surface area contributed by atoms with E-state index < -0.39 is 0 Å². The molecule has 0 fully saturated rings. The zero-order valence-corrected chi connectivity index (χ0v) is 26.6. The Labute approximate surface area is 264 Å². The third kappa shape index (κ3) is 5.62. The number of ether oxygens (including phenoxy) is 1. The van der Waals surface area contributed by atoms with Crippen molar-refractivity contribution < 1.29 is 4.74 Å². The first-order valence-corrected chi connectivity index (χ1v) is 15.6. The lowest BCUT2D eigenvalue weighted by atomic mass is 9.88. The summed E-state index contributed by atoms with van der Waals surface area (Å²) in [5, 5.41) is 7.43. The molecule has 0 aliphatic rings. The summed E-state index contributed by atoms with van der Waals surface area (Å²) < 4.78 is 10.9. The number of aromatic nitrogens is 4. The van der Waals surface area contributed by atoms with Gasteiger partial charge in [-0.15, -0.1) is 0 Å². The van der Waals surface area contributed by atoms with Gasteiger partial charge in [-0.2, -0.15) is 5.10 Å². The molecule has 3 aromatic heterocycles. The minimum atomic E-state index is 0.205. The Morgan fingerprint density at radius 1 is 0.711 bits per heavy atom. The zero-order chi connectivity index (χ0) is 31.1. The molecule has 3 heterocycles. The van der Waals surface area contributed by atoms with Gasteiger partial charge in [0.15, 0.2) is 0 Å². The predicted octanol–water partition coefficient (Wildman–Crippen LogP) is 10.4. The van der Waals surface area contributed by atoms with Crippen molar-refractivity contribution in [1.29, 1.82) is 0 Å². The molecular weight excluding hydrogens is 552 g/mol. The first kappa shape index (κ1) is 28.6. The van der Waals surface area contributed by atoms with Crippen LogP contribution in [0.5, 0.6) is 11.5 Å². The third-order valence-corrected chi connectivity index (χ3v) is 8.40. The average Bonchev–Trinajstić information content (AvgIpc) is 3.54. The molecule has 7 aromatic rings. The molecule has 5 heteroatoms. The highest BCUT2D eigenvalue weighted by molar-refractivity contribution is 6.09. The lowest BCUT2D eigenvalue weighted by Gasteiger charge is -2.19. The fraction of sp³-hybridized carbons (Fsp3) is 0.200. The van der Waals surface area contributed by atoms with E-state index in [-0.39, 0.29) is 5.41 Å². The summed E-state index contributed by atoms with van der Waals surface area (Å²) in [6, 6.07) is 37.8. The number of hydrogen-bond acceptors (Lipinski definition) is 3. The third-order valence-electron chi connectivity index (χ3n) is 8.40. The van der Waals surface area contributed by atoms with Crippen LogP contribution in [0.25, 0.3) is 44.4 Å². The number of pyridine rings is 1. The van der Waals surface area contributed by atoms with Crippen LogP contribution >= 0.6 is 0 Å². The summed E-state index contributed by atoms with van der Waals surface area (Å²) in [7, 11) is 0. The fourth-order valence-corrected chi connectivity index (χ4v) is 6.21. The smallest absolute Gasteiger partial charge is 0.137 e. The van der Waals surface area contributed by atoms with Crippen LogP contribution in [0, 0.1) is 19.3 Å². The van der Waals surface area contributed by atoms with Crippen LogP contribution in [0.15, 0.2) is 115 Å². The Morgan fingerprint density at radius 3 is 2.27 bits per heavy atom. The number of nitrogens with zero attached hydrogens (tertiary/aromatic N) is 4. The highest BCUT2D eigenvalue weighted by Gasteiger charge is 2.21. The van der Waals surface area contributed by atoms with Gasteiger partial charge < -0.3 is 4.74 Å². The van der Waals surface area contributed by atoms with Gasteiger partial charge in [0, 0.05) is 34.7 Å². The molecule has 224 valence electrons. The number of para-hydroxylation sites is 1. The molecule has 0 atom stereocenters. The van der Waals surface area contributed by atoms with Crippen LogP contribution in [0.3, 0.4) is 0 Å². The fourth-order valence-electron chi connectivity index (χ4n) is 6.21. The monoisotopic (exact) mass is 590 g/mol. The van der Waals surface area contributed by atoms with Gasteiger partial charge in [0.2, 0.25) is 0 Å². The second kappa shape index (κ2) is 11.4. The van der Waals surface area contributed by atoms with E-state index in [0.717, 1.165) is 52.6 Å². The van der Waals surface area contributed by atoms with Gasteiger partial charge in [-0.3, -0.25) is 4.57 Å². The molecule has 4 aromatic carbocycles. The number of fused-ring (bicyclic) bond motifs is 3. The number of rotatable bonds is 7. The van der Waals surface area contributed by atoms with Crippen molar-refractivity contribution >= 4 is 21.8 Å². The van der Waals surface area contributed by atoms with E-state index in [1.807, 2.05) is 24.4 Å². The van der Waals surface area contributed by atoms with Crippen LogP contribution in [0.4, 0.5) is 0 Å². The van der Waals surface area contributed by atoms with E-state index in [4.69, 9.17) is 14.8 Å². The topological polar surface area (TPSA) is 44.9 Å². The van der Waals surface area contributed by atoms with Gasteiger partial charge in [-0.25, -0.2) is 9.67 Å². The molecule has 0 saturated carbocycles. The molecule has 0 N–H and O–H groups in total. The van der Waals surface area contributed by atoms with E-state index in [0.29, 0.717) is 0 Å². The number of hydrogen-bond donors (Lipinski definition) is 0. The van der Waals surface area contributed by atoms with Crippen LogP contribution in [-0.2, 0) is 6.42 Å². The second-order valence-corrected chi connectivity index (χ2v) is 13.1. The van der Waals surface area contributed by atoms with Gasteiger partial charge in [0.25, 0.3) is 0 Å². The standard InChI is InChI=1S/C40H38N4O/c1-27-21-23-41-38(24-27)43-35-17-10-9-16-33(35)34-19-18-32(26-37(34)43)45-31-15-11-14-30(25-31)44-36(20-22-40(3,4)5)39(28(2)42-44)29-12-7-6-8-13-29/h6-19,21,23-26H,20,22H2,1-5H3. The van der Waals surface area contributed by atoms with Crippen molar-refractivity contribution in [3.63, 3.8) is 0 Å². The van der Waals surface area contributed by atoms with Gasteiger partial charge in [-0.1, -0.05) is 75.4 Å². The minimum absolute atomic E-state index is 0.205. The molecule has 0 unspecified atom stereocenters. The number of aryl methyl sites for hydroxylation is 2. The first-order chi connectivity index (χ1) is 21.7. The summed E-state index contributed by atoms with van der Waals surface area (Å²) in [4.78, 5) is 4.72. The van der Waals surface area contributed by atoms with Crippen LogP contribution in [0.2, 0.25) is 0 Å². The maximum atomic E-state index is 6.56. The Hall–Kier alpha value is -5.16. The zero-order valence-electron chi connectivity index (χ0n) is 26.6. The van der Waals surface area contributed by atoms with Gasteiger partial charge in [-0.05, 0) is 85.7 Å². The molecule has 0 saturated heterocycles. The quantitative estimate of drug-likeness (QED) is 0.185. The average molecular weight is 591 g/mol. The first-order valence-electron chi connectivity index (χ1n) is 15.6. The summed E-state index contributed by atoms with van der Waals surface area (Å²) in [6.45, 7) is 11.1. The molecule has 7 rings (SSSR count). The van der Waals surface area contributed by atoms with E-state index in [9.17, 15) is 0 Å². The normalized spacial score (nSPS) is 11.8. The summed E-state index contributed by atoms with van der Waals surface area (Å²) in [5.74, 6) is 2.43. The highest BCUT2D eigenvalue weighted by atomic mass is 16.5. The van der Waals surface area contributed by atoms with E-state index >= 15 is 0 Å². The van der Waals surface area contributed by atoms with Crippen molar-refractivity contribution in [3.05, 3.63) is 132 Å².